The van der Waals surface area contributed by atoms with E-state index in [-0.39, 0.29) is 12.5 Å². The molecular formula is C14H18N2O3S. The Bertz CT molecular complexity index is 596. The van der Waals surface area contributed by atoms with E-state index in [4.69, 9.17) is 5.73 Å². The molecule has 0 saturated carbocycles. The summed E-state index contributed by atoms with van der Waals surface area (Å²) in [6, 6.07) is 9.21. The molecule has 1 fully saturated rings. The molecule has 1 aliphatic rings. The van der Waals surface area contributed by atoms with Crippen molar-refractivity contribution in [2.24, 2.45) is 11.7 Å². The Kier molecular flexibility index (Phi) is 4.57. The Hall–Kier alpha value is -1.66. The molecule has 1 amide bonds. The van der Waals surface area contributed by atoms with Crippen LogP contribution in [0.4, 0.5) is 0 Å². The minimum absolute atomic E-state index is 0.177. The molecule has 0 aromatic heterocycles. The molecule has 6 heteroatoms. The largest absolute Gasteiger partial charge is 0.369 e. The summed E-state index contributed by atoms with van der Waals surface area (Å²) in [4.78, 5) is 11.2. The second-order valence-electron chi connectivity index (χ2n) is 4.86. The Labute approximate surface area is 119 Å². The zero-order valence-electron chi connectivity index (χ0n) is 11.1. The van der Waals surface area contributed by atoms with Crippen LogP contribution in [0.1, 0.15) is 18.4 Å². The zero-order valence-corrected chi connectivity index (χ0v) is 11.9. The van der Waals surface area contributed by atoms with E-state index < -0.39 is 15.9 Å². The van der Waals surface area contributed by atoms with Crippen molar-refractivity contribution in [1.82, 2.24) is 4.31 Å². The second-order valence-corrected chi connectivity index (χ2v) is 6.68. The number of rotatable bonds is 4. The third kappa shape index (κ3) is 3.68. The predicted molar refractivity (Wildman–Crippen MR) is 77.9 cm³/mol. The van der Waals surface area contributed by atoms with Crippen LogP contribution in [0.25, 0.3) is 6.08 Å². The minimum atomic E-state index is -3.50. The average molecular weight is 294 g/mol. The number of primary amides is 1. The van der Waals surface area contributed by atoms with Gasteiger partial charge in [-0.3, -0.25) is 4.79 Å². The van der Waals surface area contributed by atoms with Gasteiger partial charge < -0.3 is 5.73 Å². The van der Waals surface area contributed by atoms with Crippen molar-refractivity contribution in [3.8, 4) is 0 Å². The first-order valence-corrected chi connectivity index (χ1v) is 8.02. The summed E-state index contributed by atoms with van der Waals surface area (Å²) >= 11 is 0. The molecule has 0 aliphatic carbocycles. The van der Waals surface area contributed by atoms with Gasteiger partial charge in [-0.2, -0.15) is 4.31 Å². The number of amides is 1. The molecule has 108 valence electrons. The quantitative estimate of drug-likeness (QED) is 0.905. The molecule has 2 N–H and O–H groups in total. The smallest absolute Gasteiger partial charge is 0.236 e. The summed E-state index contributed by atoms with van der Waals surface area (Å²) in [5.41, 5.74) is 6.08. The van der Waals surface area contributed by atoms with Crippen molar-refractivity contribution < 1.29 is 13.2 Å². The molecule has 1 saturated heterocycles. The molecule has 0 radical (unpaired) electrons. The molecular weight excluding hydrogens is 276 g/mol. The highest BCUT2D eigenvalue weighted by atomic mass is 32.2. The highest BCUT2D eigenvalue weighted by molar-refractivity contribution is 7.92. The molecule has 0 spiro atoms. The van der Waals surface area contributed by atoms with Gasteiger partial charge >= 0.3 is 0 Å². The molecule has 1 aromatic carbocycles. The Morgan fingerprint density at radius 1 is 1.30 bits per heavy atom. The lowest BCUT2D eigenvalue weighted by Crippen LogP contribution is -2.43. The molecule has 0 unspecified atom stereocenters. The van der Waals surface area contributed by atoms with Gasteiger partial charge in [0, 0.05) is 18.5 Å². The number of carbonyl (C=O) groups excluding carboxylic acids is 1. The van der Waals surface area contributed by atoms with Gasteiger partial charge in [0.1, 0.15) is 0 Å². The number of hydrogen-bond donors (Lipinski definition) is 1. The molecule has 5 nitrogen and oxygen atoms in total. The molecule has 1 atom stereocenters. The second kappa shape index (κ2) is 6.19. The van der Waals surface area contributed by atoms with Gasteiger partial charge in [0.05, 0.1) is 5.92 Å². The minimum Gasteiger partial charge on any atom is -0.369 e. The summed E-state index contributed by atoms with van der Waals surface area (Å²) in [7, 11) is -3.50. The van der Waals surface area contributed by atoms with E-state index in [0.29, 0.717) is 19.4 Å². The number of nitrogens with two attached hydrogens (primary N) is 1. The maximum atomic E-state index is 12.2. The molecule has 0 bridgehead atoms. The summed E-state index contributed by atoms with van der Waals surface area (Å²) in [5.74, 6) is -0.819. The number of hydrogen-bond acceptors (Lipinski definition) is 3. The number of nitrogens with zero attached hydrogens (tertiary/aromatic N) is 1. The van der Waals surface area contributed by atoms with E-state index >= 15 is 0 Å². The van der Waals surface area contributed by atoms with Crippen molar-refractivity contribution in [3.63, 3.8) is 0 Å². The predicted octanol–water partition coefficient (Wildman–Crippen LogP) is 1.18. The van der Waals surface area contributed by atoms with E-state index in [1.807, 2.05) is 30.3 Å². The first-order valence-electron chi connectivity index (χ1n) is 6.51. The topological polar surface area (TPSA) is 80.5 Å². The molecule has 1 heterocycles. The van der Waals surface area contributed by atoms with Crippen LogP contribution in [-0.4, -0.2) is 31.7 Å². The van der Waals surface area contributed by atoms with Crippen LogP contribution in [0, 0.1) is 5.92 Å². The van der Waals surface area contributed by atoms with E-state index in [1.54, 1.807) is 6.08 Å². The molecule has 1 aliphatic heterocycles. The average Bonchev–Trinajstić information content (AvgIpc) is 2.46. The van der Waals surface area contributed by atoms with Gasteiger partial charge in [-0.1, -0.05) is 30.3 Å². The van der Waals surface area contributed by atoms with Gasteiger partial charge in [-0.25, -0.2) is 8.42 Å². The number of sulfonamides is 1. The number of benzene rings is 1. The van der Waals surface area contributed by atoms with Gasteiger partial charge in [0.15, 0.2) is 0 Å². The maximum Gasteiger partial charge on any atom is 0.236 e. The normalized spacial score (nSPS) is 21.1. The van der Waals surface area contributed by atoms with Crippen molar-refractivity contribution >= 4 is 22.0 Å². The third-order valence-electron chi connectivity index (χ3n) is 3.38. The summed E-state index contributed by atoms with van der Waals surface area (Å²) in [6.45, 7) is 0.613. The SMILES string of the molecule is NC(=O)[C@@H]1CCCN(S(=O)(=O)/C=C\c2ccccc2)C1. The fraction of sp³-hybridized carbons (Fsp3) is 0.357. The first-order chi connectivity index (χ1) is 9.49. The Balaban J connectivity index is 2.10. The monoisotopic (exact) mass is 294 g/mol. The van der Waals surface area contributed by atoms with Crippen molar-refractivity contribution in [2.45, 2.75) is 12.8 Å². The fourth-order valence-corrected chi connectivity index (χ4v) is 3.49. The number of piperidine rings is 1. The van der Waals surface area contributed by atoms with Crippen LogP contribution < -0.4 is 5.73 Å². The molecule has 1 aromatic rings. The van der Waals surface area contributed by atoms with Crippen LogP contribution in [0.2, 0.25) is 0 Å². The standard InChI is InChI=1S/C14H18N2O3S/c15-14(17)13-7-4-9-16(11-13)20(18,19)10-8-12-5-2-1-3-6-12/h1-3,5-6,8,10,13H,4,7,9,11H2,(H2,15,17)/b10-8-/t13-/m1/s1. The summed E-state index contributed by atoms with van der Waals surface area (Å²) < 4.78 is 25.8. The van der Waals surface area contributed by atoms with Crippen LogP contribution in [0.15, 0.2) is 35.7 Å². The fourth-order valence-electron chi connectivity index (χ4n) is 2.22. The Morgan fingerprint density at radius 2 is 2.00 bits per heavy atom. The van der Waals surface area contributed by atoms with Crippen molar-refractivity contribution in [1.29, 1.82) is 0 Å². The summed E-state index contributed by atoms with van der Waals surface area (Å²) in [5, 5.41) is 1.19. The van der Waals surface area contributed by atoms with Crippen LogP contribution >= 0.6 is 0 Å². The van der Waals surface area contributed by atoms with Gasteiger partial charge in [0.25, 0.3) is 0 Å². The lowest BCUT2D eigenvalue weighted by atomic mass is 9.99. The summed E-state index contributed by atoms with van der Waals surface area (Å²) in [6.07, 6.45) is 2.87. The van der Waals surface area contributed by atoms with Gasteiger partial charge in [0.2, 0.25) is 15.9 Å². The highest BCUT2D eigenvalue weighted by Gasteiger charge is 2.29. The highest BCUT2D eigenvalue weighted by Crippen LogP contribution is 2.20. The Morgan fingerprint density at radius 3 is 2.65 bits per heavy atom. The first kappa shape index (κ1) is 14.7. The van der Waals surface area contributed by atoms with E-state index in [1.165, 1.54) is 9.71 Å². The van der Waals surface area contributed by atoms with Crippen molar-refractivity contribution in [3.05, 3.63) is 41.3 Å². The lowest BCUT2D eigenvalue weighted by Gasteiger charge is -2.29. The third-order valence-corrected chi connectivity index (χ3v) is 4.91. The number of carbonyl (C=O) groups is 1. The van der Waals surface area contributed by atoms with E-state index in [2.05, 4.69) is 0 Å². The zero-order chi connectivity index (χ0) is 14.6. The van der Waals surface area contributed by atoms with Gasteiger partial charge in [-0.15, -0.1) is 0 Å². The van der Waals surface area contributed by atoms with E-state index in [9.17, 15) is 13.2 Å². The lowest BCUT2D eigenvalue weighted by molar-refractivity contribution is -0.122. The van der Waals surface area contributed by atoms with Crippen LogP contribution in [0.5, 0.6) is 0 Å². The van der Waals surface area contributed by atoms with Crippen molar-refractivity contribution in [2.75, 3.05) is 13.1 Å². The molecule has 2 rings (SSSR count). The van der Waals surface area contributed by atoms with Crippen LogP contribution in [0.3, 0.4) is 0 Å². The van der Waals surface area contributed by atoms with E-state index in [0.717, 1.165) is 5.56 Å². The van der Waals surface area contributed by atoms with Crippen LogP contribution in [-0.2, 0) is 14.8 Å². The molecule has 20 heavy (non-hydrogen) atoms. The maximum absolute atomic E-state index is 12.2. The van der Waals surface area contributed by atoms with Gasteiger partial charge in [-0.05, 0) is 24.5 Å².